The number of nitrogens with two attached hydrogens (primary N) is 2. The molecular weight excluding hydrogens is 197 g/mol. The fourth-order valence-corrected chi connectivity index (χ4v) is 0.968. The summed E-state index contributed by atoms with van der Waals surface area (Å²) in [5.41, 5.74) is 11.4. The highest BCUT2D eigenvalue weighted by molar-refractivity contribution is 5.98. The summed E-state index contributed by atoms with van der Waals surface area (Å²) in [4.78, 5) is 3.87. The summed E-state index contributed by atoms with van der Waals surface area (Å²) >= 11 is 0. The van der Waals surface area contributed by atoms with Gasteiger partial charge in [-0.2, -0.15) is 0 Å². The van der Waals surface area contributed by atoms with E-state index in [-0.39, 0.29) is 5.96 Å². The molecule has 0 aliphatic carbocycles. The zero-order chi connectivity index (χ0) is 11.3. The van der Waals surface area contributed by atoms with Gasteiger partial charge in [0.05, 0.1) is 17.6 Å². The number of nitrogens with zero attached hydrogens (tertiary/aromatic N) is 3. The van der Waals surface area contributed by atoms with Crippen molar-refractivity contribution in [3.8, 4) is 0 Å². The van der Waals surface area contributed by atoms with E-state index in [1.165, 1.54) is 12.1 Å². The molecule has 0 radical (unpaired) electrons. The summed E-state index contributed by atoms with van der Waals surface area (Å²) in [5.74, 6) is -0.515. The maximum absolute atomic E-state index is 12.6. The van der Waals surface area contributed by atoms with E-state index in [0.717, 1.165) is 6.20 Å². The summed E-state index contributed by atoms with van der Waals surface area (Å²) in [6.07, 6.45) is 1.73. The SMILES string of the molecule is CC/C(=N/N=C(N)N)c1ccc(F)cn1. The van der Waals surface area contributed by atoms with Crippen LogP contribution in [0.2, 0.25) is 0 Å². The Hall–Kier alpha value is -1.98. The standard InChI is InChI=1S/C9H12FN5/c1-2-7(14-15-9(11)12)8-4-3-6(10)5-13-8/h3-5H,2H2,1H3,(H4,11,12,15)/b14-7-. The molecule has 0 atom stereocenters. The van der Waals surface area contributed by atoms with Gasteiger partial charge in [-0.3, -0.25) is 4.98 Å². The van der Waals surface area contributed by atoms with Crippen LogP contribution in [0.5, 0.6) is 0 Å². The quantitative estimate of drug-likeness (QED) is 0.434. The van der Waals surface area contributed by atoms with Crippen LogP contribution in [0.25, 0.3) is 0 Å². The van der Waals surface area contributed by atoms with Crippen LogP contribution in [0, 0.1) is 5.82 Å². The van der Waals surface area contributed by atoms with Crippen molar-refractivity contribution in [2.45, 2.75) is 13.3 Å². The molecule has 0 amide bonds. The third-order valence-electron chi connectivity index (χ3n) is 1.64. The van der Waals surface area contributed by atoms with Crippen LogP contribution < -0.4 is 11.5 Å². The molecule has 0 aliphatic heterocycles. The van der Waals surface area contributed by atoms with Crippen LogP contribution in [-0.2, 0) is 0 Å². The van der Waals surface area contributed by atoms with Crippen molar-refractivity contribution in [1.29, 1.82) is 0 Å². The van der Waals surface area contributed by atoms with E-state index in [2.05, 4.69) is 15.2 Å². The Morgan fingerprint density at radius 1 is 1.40 bits per heavy atom. The van der Waals surface area contributed by atoms with Gasteiger partial charge in [0, 0.05) is 0 Å². The van der Waals surface area contributed by atoms with Gasteiger partial charge in [-0.1, -0.05) is 6.92 Å². The Bertz CT molecular complexity index is 378. The second kappa shape index (κ2) is 5.04. The Kier molecular flexibility index (Phi) is 3.73. The Morgan fingerprint density at radius 2 is 2.13 bits per heavy atom. The number of pyridine rings is 1. The number of guanidine groups is 1. The zero-order valence-electron chi connectivity index (χ0n) is 8.31. The second-order valence-corrected chi connectivity index (χ2v) is 2.79. The fourth-order valence-electron chi connectivity index (χ4n) is 0.968. The monoisotopic (exact) mass is 209 g/mol. The largest absolute Gasteiger partial charge is 0.369 e. The first kappa shape index (κ1) is 11.1. The summed E-state index contributed by atoms with van der Waals surface area (Å²) in [6.45, 7) is 1.88. The molecule has 15 heavy (non-hydrogen) atoms. The lowest BCUT2D eigenvalue weighted by molar-refractivity contribution is 0.621. The molecule has 5 nitrogen and oxygen atoms in total. The molecule has 0 aromatic carbocycles. The lowest BCUT2D eigenvalue weighted by atomic mass is 10.2. The van der Waals surface area contributed by atoms with Crippen LogP contribution in [0.1, 0.15) is 19.0 Å². The molecule has 1 rings (SSSR count). The number of hydrogen-bond donors (Lipinski definition) is 2. The Morgan fingerprint density at radius 3 is 2.60 bits per heavy atom. The van der Waals surface area contributed by atoms with Gasteiger partial charge in [0.1, 0.15) is 5.82 Å². The van der Waals surface area contributed by atoms with Crippen molar-refractivity contribution in [1.82, 2.24) is 4.98 Å². The summed E-state index contributed by atoms with van der Waals surface area (Å²) < 4.78 is 12.6. The topological polar surface area (TPSA) is 89.6 Å². The van der Waals surface area contributed by atoms with E-state index in [0.29, 0.717) is 17.8 Å². The zero-order valence-corrected chi connectivity index (χ0v) is 8.31. The van der Waals surface area contributed by atoms with Crippen molar-refractivity contribution in [2.24, 2.45) is 21.7 Å². The molecule has 1 heterocycles. The number of hydrogen-bond acceptors (Lipinski definition) is 3. The second-order valence-electron chi connectivity index (χ2n) is 2.79. The maximum Gasteiger partial charge on any atom is 0.211 e. The van der Waals surface area contributed by atoms with E-state index >= 15 is 0 Å². The Balaban J connectivity index is 2.97. The van der Waals surface area contributed by atoms with Crippen molar-refractivity contribution in [3.63, 3.8) is 0 Å². The van der Waals surface area contributed by atoms with E-state index in [1.807, 2.05) is 6.92 Å². The smallest absolute Gasteiger partial charge is 0.211 e. The van der Waals surface area contributed by atoms with Gasteiger partial charge >= 0.3 is 0 Å². The third kappa shape index (κ3) is 3.34. The first-order valence-electron chi connectivity index (χ1n) is 4.41. The van der Waals surface area contributed by atoms with Gasteiger partial charge in [0.2, 0.25) is 5.96 Å². The van der Waals surface area contributed by atoms with Gasteiger partial charge in [0.15, 0.2) is 0 Å². The third-order valence-corrected chi connectivity index (χ3v) is 1.64. The van der Waals surface area contributed by atoms with Crippen molar-refractivity contribution in [2.75, 3.05) is 0 Å². The normalized spacial score (nSPS) is 11.2. The van der Waals surface area contributed by atoms with Crippen molar-refractivity contribution < 1.29 is 4.39 Å². The average molecular weight is 209 g/mol. The fraction of sp³-hybridized carbons (Fsp3) is 0.222. The van der Waals surface area contributed by atoms with Gasteiger partial charge in [-0.15, -0.1) is 10.2 Å². The molecule has 4 N–H and O–H groups in total. The minimum absolute atomic E-state index is 0.122. The van der Waals surface area contributed by atoms with Crippen LogP contribution in [0.15, 0.2) is 28.5 Å². The molecule has 1 aromatic heterocycles. The van der Waals surface area contributed by atoms with E-state index in [1.54, 1.807) is 0 Å². The first-order valence-corrected chi connectivity index (χ1v) is 4.41. The van der Waals surface area contributed by atoms with E-state index in [9.17, 15) is 4.39 Å². The van der Waals surface area contributed by atoms with Gasteiger partial charge in [0.25, 0.3) is 0 Å². The minimum Gasteiger partial charge on any atom is -0.369 e. The molecule has 1 aromatic rings. The molecule has 0 aliphatic rings. The van der Waals surface area contributed by atoms with E-state index in [4.69, 9.17) is 11.5 Å². The first-order chi connectivity index (χ1) is 7.13. The molecule has 0 saturated carbocycles. The van der Waals surface area contributed by atoms with Gasteiger partial charge in [-0.05, 0) is 18.6 Å². The summed E-state index contributed by atoms with van der Waals surface area (Å²) in [5, 5.41) is 7.33. The molecular formula is C9H12FN5. The predicted octanol–water partition coefficient (Wildman–Crippen LogP) is 0.608. The summed E-state index contributed by atoms with van der Waals surface area (Å²) in [7, 11) is 0. The lowest BCUT2D eigenvalue weighted by Crippen LogP contribution is -2.22. The van der Waals surface area contributed by atoms with E-state index < -0.39 is 5.82 Å². The molecule has 80 valence electrons. The number of aromatic nitrogens is 1. The number of rotatable bonds is 3. The highest BCUT2D eigenvalue weighted by atomic mass is 19.1. The van der Waals surface area contributed by atoms with Crippen LogP contribution in [0.3, 0.4) is 0 Å². The van der Waals surface area contributed by atoms with Crippen LogP contribution >= 0.6 is 0 Å². The highest BCUT2D eigenvalue weighted by Gasteiger charge is 2.02. The van der Waals surface area contributed by atoms with Crippen LogP contribution in [0.4, 0.5) is 4.39 Å². The molecule has 0 unspecified atom stereocenters. The van der Waals surface area contributed by atoms with Crippen LogP contribution in [-0.4, -0.2) is 16.7 Å². The lowest BCUT2D eigenvalue weighted by Gasteiger charge is -2.00. The average Bonchev–Trinajstić information content (AvgIpc) is 2.21. The van der Waals surface area contributed by atoms with Crippen molar-refractivity contribution in [3.05, 3.63) is 29.8 Å². The highest BCUT2D eigenvalue weighted by Crippen LogP contribution is 2.03. The van der Waals surface area contributed by atoms with Crippen molar-refractivity contribution >= 4 is 11.7 Å². The molecule has 6 heteroatoms. The van der Waals surface area contributed by atoms with Gasteiger partial charge in [-0.25, -0.2) is 4.39 Å². The summed E-state index contributed by atoms with van der Waals surface area (Å²) in [6, 6.07) is 2.84. The number of halogens is 1. The molecule has 0 saturated heterocycles. The maximum atomic E-state index is 12.6. The molecule has 0 spiro atoms. The minimum atomic E-state index is -0.393. The molecule has 0 fully saturated rings. The Labute approximate surface area is 86.7 Å². The molecule has 0 bridgehead atoms. The predicted molar refractivity (Wildman–Crippen MR) is 56.8 cm³/mol. The van der Waals surface area contributed by atoms with Gasteiger partial charge < -0.3 is 11.5 Å².